The molecular formula is C14H30N2O. The maximum absolute atomic E-state index is 5.21. The van der Waals surface area contributed by atoms with Gasteiger partial charge in [0, 0.05) is 44.9 Å². The number of piperazine rings is 1. The van der Waals surface area contributed by atoms with E-state index in [1.165, 1.54) is 25.8 Å². The molecule has 1 N–H and O–H groups in total. The first kappa shape index (κ1) is 14.9. The van der Waals surface area contributed by atoms with Crippen molar-refractivity contribution in [2.45, 2.75) is 64.6 Å². The Labute approximate surface area is 107 Å². The minimum atomic E-state index is 0.641. The van der Waals surface area contributed by atoms with E-state index >= 15 is 0 Å². The van der Waals surface area contributed by atoms with Gasteiger partial charge in [0.1, 0.15) is 0 Å². The standard InChI is InChI=1S/C14H30N2O/c1-5-7-14-10-15-13(6-2)11-16(14)12(3)8-9-17-4/h12-15H,5-11H2,1-4H3. The number of ether oxygens (including phenoxy) is 1. The number of hydrogen-bond acceptors (Lipinski definition) is 3. The third kappa shape index (κ3) is 4.57. The second kappa shape index (κ2) is 8.06. The molecule has 3 nitrogen and oxygen atoms in total. The lowest BCUT2D eigenvalue weighted by atomic mass is 10.00. The second-order valence-corrected chi connectivity index (χ2v) is 5.28. The second-order valence-electron chi connectivity index (χ2n) is 5.28. The fraction of sp³-hybridized carbons (Fsp3) is 1.00. The molecule has 102 valence electrons. The summed E-state index contributed by atoms with van der Waals surface area (Å²) in [5, 5.41) is 3.67. The summed E-state index contributed by atoms with van der Waals surface area (Å²) in [4.78, 5) is 2.70. The fourth-order valence-electron chi connectivity index (χ4n) is 2.76. The molecule has 0 spiro atoms. The van der Waals surface area contributed by atoms with E-state index in [1.54, 1.807) is 7.11 Å². The Morgan fingerprint density at radius 2 is 2.18 bits per heavy atom. The number of nitrogens with one attached hydrogen (secondary N) is 1. The molecule has 1 heterocycles. The van der Waals surface area contributed by atoms with Crippen LogP contribution >= 0.6 is 0 Å². The molecule has 1 rings (SSSR count). The minimum Gasteiger partial charge on any atom is -0.385 e. The minimum absolute atomic E-state index is 0.641. The van der Waals surface area contributed by atoms with Gasteiger partial charge in [0.05, 0.1) is 0 Å². The normalized spacial score (nSPS) is 28.2. The fourth-order valence-corrected chi connectivity index (χ4v) is 2.76. The molecule has 3 atom stereocenters. The van der Waals surface area contributed by atoms with Gasteiger partial charge in [0.25, 0.3) is 0 Å². The van der Waals surface area contributed by atoms with Crippen molar-refractivity contribution in [3.63, 3.8) is 0 Å². The molecule has 0 aromatic rings. The average Bonchev–Trinajstić information content (AvgIpc) is 2.36. The summed E-state index contributed by atoms with van der Waals surface area (Å²) < 4.78 is 5.21. The Kier molecular flexibility index (Phi) is 7.09. The molecule has 1 fully saturated rings. The van der Waals surface area contributed by atoms with Crippen LogP contribution in [0.2, 0.25) is 0 Å². The zero-order valence-corrected chi connectivity index (χ0v) is 12.0. The molecule has 0 bridgehead atoms. The van der Waals surface area contributed by atoms with Crippen molar-refractivity contribution in [1.29, 1.82) is 0 Å². The molecule has 3 unspecified atom stereocenters. The van der Waals surface area contributed by atoms with Gasteiger partial charge in [-0.3, -0.25) is 4.90 Å². The quantitative estimate of drug-likeness (QED) is 0.741. The Balaban J connectivity index is 2.52. The first-order valence-corrected chi connectivity index (χ1v) is 7.20. The third-order valence-corrected chi connectivity index (χ3v) is 3.96. The molecule has 0 saturated carbocycles. The van der Waals surface area contributed by atoms with Crippen LogP contribution in [-0.2, 0) is 4.74 Å². The molecule has 0 radical (unpaired) electrons. The monoisotopic (exact) mass is 242 g/mol. The topological polar surface area (TPSA) is 24.5 Å². The highest BCUT2D eigenvalue weighted by atomic mass is 16.5. The number of hydrogen-bond donors (Lipinski definition) is 1. The van der Waals surface area contributed by atoms with Crippen LogP contribution in [0.4, 0.5) is 0 Å². The first-order chi connectivity index (χ1) is 8.22. The van der Waals surface area contributed by atoms with Crippen molar-refractivity contribution in [3.05, 3.63) is 0 Å². The van der Waals surface area contributed by atoms with E-state index in [4.69, 9.17) is 4.74 Å². The summed E-state index contributed by atoms with van der Waals surface area (Å²) in [5.41, 5.74) is 0. The molecule has 1 aliphatic rings. The van der Waals surface area contributed by atoms with Crippen LogP contribution < -0.4 is 5.32 Å². The average molecular weight is 242 g/mol. The van der Waals surface area contributed by atoms with Crippen LogP contribution in [0.25, 0.3) is 0 Å². The van der Waals surface area contributed by atoms with Crippen molar-refractivity contribution < 1.29 is 4.74 Å². The molecule has 0 amide bonds. The Bertz CT molecular complexity index is 199. The zero-order valence-electron chi connectivity index (χ0n) is 12.0. The molecule has 3 heteroatoms. The number of nitrogens with zero attached hydrogens (tertiary/aromatic N) is 1. The van der Waals surface area contributed by atoms with Crippen molar-refractivity contribution in [2.75, 3.05) is 26.8 Å². The van der Waals surface area contributed by atoms with Gasteiger partial charge in [-0.1, -0.05) is 20.3 Å². The Morgan fingerprint density at radius 1 is 1.41 bits per heavy atom. The van der Waals surface area contributed by atoms with Crippen LogP contribution in [0, 0.1) is 0 Å². The summed E-state index contributed by atoms with van der Waals surface area (Å²) in [6.45, 7) is 10.1. The summed E-state index contributed by atoms with van der Waals surface area (Å²) in [6, 6.07) is 2.03. The highest BCUT2D eigenvalue weighted by molar-refractivity contribution is 4.88. The highest BCUT2D eigenvalue weighted by Crippen LogP contribution is 2.18. The van der Waals surface area contributed by atoms with E-state index in [1.807, 2.05) is 0 Å². The number of rotatable bonds is 7. The van der Waals surface area contributed by atoms with Gasteiger partial charge in [0.2, 0.25) is 0 Å². The largest absolute Gasteiger partial charge is 0.385 e. The van der Waals surface area contributed by atoms with Crippen molar-refractivity contribution in [3.8, 4) is 0 Å². The lowest BCUT2D eigenvalue weighted by Crippen LogP contribution is -2.58. The maximum Gasteiger partial charge on any atom is 0.0477 e. The summed E-state index contributed by atoms with van der Waals surface area (Å²) in [7, 11) is 1.79. The van der Waals surface area contributed by atoms with E-state index in [-0.39, 0.29) is 0 Å². The van der Waals surface area contributed by atoms with E-state index in [0.29, 0.717) is 12.1 Å². The van der Waals surface area contributed by atoms with E-state index in [0.717, 1.165) is 25.6 Å². The van der Waals surface area contributed by atoms with E-state index in [2.05, 4.69) is 31.0 Å². The van der Waals surface area contributed by atoms with Gasteiger partial charge in [-0.05, 0) is 26.2 Å². The van der Waals surface area contributed by atoms with Crippen molar-refractivity contribution in [1.82, 2.24) is 10.2 Å². The molecule has 0 aromatic carbocycles. The summed E-state index contributed by atoms with van der Waals surface area (Å²) in [5.74, 6) is 0. The lowest BCUT2D eigenvalue weighted by molar-refractivity contribution is 0.0627. The van der Waals surface area contributed by atoms with Gasteiger partial charge in [-0.25, -0.2) is 0 Å². The van der Waals surface area contributed by atoms with E-state index in [9.17, 15) is 0 Å². The lowest BCUT2D eigenvalue weighted by Gasteiger charge is -2.43. The van der Waals surface area contributed by atoms with Crippen molar-refractivity contribution in [2.24, 2.45) is 0 Å². The van der Waals surface area contributed by atoms with Gasteiger partial charge in [-0.15, -0.1) is 0 Å². The van der Waals surface area contributed by atoms with E-state index < -0.39 is 0 Å². The molecule has 1 saturated heterocycles. The molecule has 0 aliphatic carbocycles. The SMILES string of the molecule is CCCC1CNC(CC)CN1C(C)CCOC. The Hall–Kier alpha value is -0.120. The Morgan fingerprint density at radius 3 is 2.76 bits per heavy atom. The molecule has 17 heavy (non-hydrogen) atoms. The smallest absolute Gasteiger partial charge is 0.0477 e. The molecule has 0 aromatic heterocycles. The van der Waals surface area contributed by atoms with Crippen LogP contribution in [0.3, 0.4) is 0 Å². The number of methoxy groups -OCH3 is 1. The molecule has 1 aliphatic heterocycles. The maximum atomic E-state index is 5.21. The molecular weight excluding hydrogens is 212 g/mol. The zero-order chi connectivity index (χ0) is 12.7. The van der Waals surface area contributed by atoms with Crippen LogP contribution in [0.5, 0.6) is 0 Å². The van der Waals surface area contributed by atoms with Crippen molar-refractivity contribution >= 4 is 0 Å². The van der Waals surface area contributed by atoms with Gasteiger partial charge in [0.15, 0.2) is 0 Å². The van der Waals surface area contributed by atoms with Gasteiger partial charge >= 0.3 is 0 Å². The van der Waals surface area contributed by atoms with Gasteiger partial charge < -0.3 is 10.1 Å². The predicted molar refractivity (Wildman–Crippen MR) is 73.4 cm³/mol. The predicted octanol–water partition coefficient (Wildman–Crippen LogP) is 2.26. The van der Waals surface area contributed by atoms with Crippen LogP contribution in [-0.4, -0.2) is 49.8 Å². The van der Waals surface area contributed by atoms with Crippen LogP contribution in [0.15, 0.2) is 0 Å². The summed E-state index contributed by atoms with van der Waals surface area (Å²) >= 11 is 0. The first-order valence-electron chi connectivity index (χ1n) is 7.20. The third-order valence-electron chi connectivity index (χ3n) is 3.96. The summed E-state index contributed by atoms with van der Waals surface area (Å²) in [6.07, 6.45) is 4.96. The highest BCUT2D eigenvalue weighted by Gasteiger charge is 2.29. The van der Waals surface area contributed by atoms with Crippen LogP contribution in [0.1, 0.15) is 46.5 Å². The van der Waals surface area contributed by atoms with Gasteiger partial charge in [-0.2, -0.15) is 0 Å².